The number of aryl methyl sites for hydroxylation is 1. The van der Waals surface area contributed by atoms with E-state index in [1.807, 2.05) is 11.0 Å². The number of halogens is 4. The number of amides is 3. The van der Waals surface area contributed by atoms with Gasteiger partial charge in [0.15, 0.2) is 17.2 Å². The number of anilines is 3. The Morgan fingerprint density at radius 2 is 1.84 bits per heavy atom. The third-order valence-corrected chi connectivity index (χ3v) is 14.8. The lowest BCUT2D eigenvalue weighted by atomic mass is 9.85. The van der Waals surface area contributed by atoms with Crippen molar-refractivity contribution < 1.29 is 41.4 Å². The van der Waals surface area contributed by atoms with Gasteiger partial charge in [0.25, 0.3) is 12.3 Å². The predicted octanol–water partition coefficient (Wildman–Crippen LogP) is 4.16. The monoisotopic (exact) mass is 932 g/mol. The molecule has 18 nitrogen and oxygen atoms in total. The van der Waals surface area contributed by atoms with Crippen molar-refractivity contribution in [3.8, 4) is 0 Å². The highest BCUT2D eigenvalue weighted by Gasteiger charge is 2.41. The van der Waals surface area contributed by atoms with Crippen molar-refractivity contribution >= 4 is 51.6 Å². The molecular weight excluding hydrogens is 881 g/mol. The number of hydrogen-bond donors (Lipinski definition) is 2. The summed E-state index contributed by atoms with van der Waals surface area (Å²) in [5.74, 6) is -1.08. The highest BCUT2D eigenvalue weighted by molar-refractivity contribution is 6.08. The maximum absolute atomic E-state index is 16.0. The van der Waals surface area contributed by atoms with Crippen LogP contribution in [0.15, 0.2) is 41.6 Å². The van der Waals surface area contributed by atoms with Gasteiger partial charge < -0.3 is 24.6 Å². The van der Waals surface area contributed by atoms with Crippen molar-refractivity contribution in [1.82, 2.24) is 43.7 Å². The Morgan fingerprint density at radius 1 is 1.01 bits per heavy atom. The Kier molecular flexibility index (Phi) is 11.3. The minimum atomic E-state index is -2.90. The summed E-state index contributed by atoms with van der Waals surface area (Å²) < 4.78 is 77.5. The Morgan fingerprint density at radius 3 is 2.57 bits per heavy atom. The molecule has 4 aromatic heterocycles. The summed E-state index contributed by atoms with van der Waals surface area (Å²) in [6, 6.07) is 4.26. The van der Waals surface area contributed by atoms with Crippen LogP contribution in [0.25, 0.3) is 16.7 Å². The molecule has 2 bridgehead atoms. The van der Waals surface area contributed by atoms with E-state index in [0.717, 1.165) is 25.8 Å². The molecule has 5 saturated heterocycles. The van der Waals surface area contributed by atoms with Crippen LogP contribution in [0.1, 0.15) is 85.9 Å². The van der Waals surface area contributed by atoms with E-state index in [1.165, 1.54) is 33.1 Å². The molecule has 1 saturated carbocycles. The smallest absolute Gasteiger partial charge is 0.329 e. The van der Waals surface area contributed by atoms with Crippen molar-refractivity contribution in [3.05, 3.63) is 64.3 Å². The number of hydrogen-bond acceptors (Lipinski definition) is 12. The maximum atomic E-state index is 16.0. The normalized spacial score (nSPS) is 27.2. The van der Waals surface area contributed by atoms with Gasteiger partial charge in [-0.2, -0.15) is 10.2 Å². The van der Waals surface area contributed by atoms with Crippen LogP contribution in [-0.2, 0) is 26.1 Å². The average Bonchev–Trinajstić information content (AvgIpc) is 4.15. The van der Waals surface area contributed by atoms with E-state index in [1.54, 1.807) is 23.0 Å². The van der Waals surface area contributed by atoms with Gasteiger partial charge in [-0.15, -0.1) is 0 Å². The van der Waals surface area contributed by atoms with Crippen molar-refractivity contribution in [2.24, 2.45) is 18.9 Å². The molecule has 5 aromatic rings. The number of carbonyl (C=O) groups is 3. The van der Waals surface area contributed by atoms with Gasteiger partial charge in [0.05, 0.1) is 60.6 Å². The second-order valence-electron chi connectivity index (χ2n) is 19.1. The summed E-state index contributed by atoms with van der Waals surface area (Å²) in [6.07, 6.45) is 4.89. The maximum Gasteiger partial charge on any atom is 0.329 e. The molecule has 5 atom stereocenters. The fourth-order valence-electron chi connectivity index (χ4n) is 11.2. The number of fused-ring (bicyclic) bond motifs is 4. The second kappa shape index (κ2) is 17.3. The summed E-state index contributed by atoms with van der Waals surface area (Å²) in [4.78, 5) is 61.8. The minimum absolute atomic E-state index is 0.0540. The molecule has 0 spiro atoms. The third-order valence-electron chi connectivity index (χ3n) is 14.8. The number of rotatable bonds is 12. The molecule has 1 aromatic carbocycles. The molecule has 6 fully saturated rings. The molecule has 5 aliphatic heterocycles. The Labute approximate surface area is 381 Å². The second-order valence-corrected chi connectivity index (χ2v) is 19.1. The SMILES string of the molecule is Cn1c(=O)n(C2CCC(=O)NC2=O)c2ccc(N3CC(CO[C@@H]4CCN(C[C@H]5CC[C@H](n6cc(NC(=O)c7cnn8ccc(N9C[C@H]%10C[C@@H]9CO%10)nc78)c(C(F)F)n6)CC5)C[C@H]4F)C3)c(F)c21. The molecule has 356 valence electrons. The molecule has 1 aliphatic carbocycles. The first kappa shape index (κ1) is 43.7. The van der Waals surface area contributed by atoms with E-state index >= 15 is 8.78 Å². The van der Waals surface area contributed by atoms with Gasteiger partial charge >= 0.3 is 5.69 Å². The molecule has 0 radical (unpaired) electrons. The highest BCUT2D eigenvalue weighted by Crippen LogP contribution is 2.38. The Balaban J connectivity index is 0.642. The van der Waals surface area contributed by atoms with Crippen LogP contribution in [0.5, 0.6) is 0 Å². The van der Waals surface area contributed by atoms with E-state index in [4.69, 9.17) is 14.5 Å². The van der Waals surface area contributed by atoms with Crippen LogP contribution >= 0.6 is 0 Å². The molecule has 9 heterocycles. The number of imidazole rings is 1. The van der Waals surface area contributed by atoms with Crippen molar-refractivity contribution in [1.29, 1.82) is 0 Å². The first-order valence-electron chi connectivity index (χ1n) is 23.2. The molecular formula is C45H52F4N12O6. The lowest BCUT2D eigenvalue weighted by molar-refractivity contribution is -0.135. The quantitative estimate of drug-likeness (QED) is 0.135. The fraction of sp³-hybridized carbons (Fsp3) is 0.578. The van der Waals surface area contributed by atoms with Gasteiger partial charge in [-0.1, -0.05) is 0 Å². The van der Waals surface area contributed by atoms with Crippen molar-refractivity contribution in [2.75, 3.05) is 67.6 Å². The Hall–Kier alpha value is -5.87. The van der Waals surface area contributed by atoms with Crippen molar-refractivity contribution in [3.63, 3.8) is 0 Å². The highest BCUT2D eigenvalue weighted by atomic mass is 19.3. The average molecular weight is 933 g/mol. The van der Waals surface area contributed by atoms with Gasteiger partial charge in [0.1, 0.15) is 29.1 Å². The van der Waals surface area contributed by atoms with Crippen LogP contribution < -0.4 is 26.1 Å². The van der Waals surface area contributed by atoms with Crippen LogP contribution in [0.3, 0.4) is 0 Å². The van der Waals surface area contributed by atoms with Gasteiger partial charge in [0, 0.05) is 71.0 Å². The first-order chi connectivity index (χ1) is 32.4. The minimum Gasteiger partial charge on any atom is -0.375 e. The van der Waals surface area contributed by atoms with E-state index < -0.39 is 59.7 Å². The number of aromatic nitrogens is 7. The zero-order valence-corrected chi connectivity index (χ0v) is 36.9. The zero-order valence-electron chi connectivity index (χ0n) is 36.9. The Bertz CT molecular complexity index is 2800. The number of likely N-dealkylation sites (tertiary alicyclic amines) is 1. The lowest BCUT2D eigenvalue weighted by Crippen LogP contribution is -2.51. The predicted molar refractivity (Wildman–Crippen MR) is 235 cm³/mol. The van der Waals surface area contributed by atoms with Crippen LogP contribution in [0.4, 0.5) is 34.8 Å². The van der Waals surface area contributed by atoms with Gasteiger partial charge in [-0.05, 0) is 69.1 Å². The number of carbonyl (C=O) groups excluding carboxylic acids is 3. The molecule has 67 heavy (non-hydrogen) atoms. The number of ether oxygens (including phenoxy) is 2. The number of benzene rings is 1. The van der Waals surface area contributed by atoms with E-state index in [2.05, 4.69) is 30.6 Å². The number of morpholine rings is 1. The topological polar surface area (TPSA) is 178 Å². The molecule has 6 aliphatic rings. The third kappa shape index (κ3) is 8.02. The van der Waals surface area contributed by atoms with Crippen molar-refractivity contribution in [2.45, 2.75) is 94.3 Å². The van der Waals surface area contributed by atoms with Crippen LogP contribution in [0, 0.1) is 17.7 Å². The number of nitrogens with zero attached hydrogens (tertiary/aromatic N) is 10. The molecule has 11 rings (SSSR count). The number of imide groups is 1. The molecule has 2 N–H and O–H groups in total. The summed E-state index contributed by atoms with van der Waals surface area (Å²) >= 11 is 0. The van der Waals surface area contributed by atoms with E-state index in [0.29, 0.717) is 81.7 Å². The largest absolute Gasteiger partial charge is 0.375 e. The number of nitrogens with one attached hydrogen (secondary N) is 2. The van der Waals surface area contributed by atoms with E-state index in [-0.39, 0.29) is 65.8 Å². The van der Waals surface area contributed by atoms with Crippen LogP contribution in [-0.4, -0.2) is 133 Å². The fourth-order valence-corrected chi connectivity index (χ4v) is 11.2. The lowest BCUT2D eigenvalue weighted by Gasteiger charge is -2.42. The van der Waals surface area contributed by atoms with Gasteiger partial charge in [-0.3, -0.25) is 38.4 Å². The molecule has 3 amide bonds. The molecule has 1 unspecified atom stereocenters. The van der Waals surface area contributed by atoms with Gasteiger partial charge in [0.2, 0.25) is 11.8 Å². The van der Waals surface area contributed by atoms with E-state index in [9.17, 15) is 28.0 Å². The number of alkyl halides is 3. The summed E-state index contributed by atoms with van der Waals surface area (Å²) in [5, 5.41) is 13.4. The first-order valence-corrected chi connectivity index (χ1v) is 23.2. The summed E-state index contributed by atoms with van der Waals surface area (Å²) in [6.45, 7) is 4.33. The standard InChI is InChI=1S/C45H52F4N12O6/c1-55-40-33(61(45(55)65)34-8-9-37(62)53-44(34)64)7-6-32(38(40)47)57-17-25(18-57)22-67-35-10-12-56(20-30(35)46)16-24-2-4-26(5-3-24)60-21-31(39(54-60)41(48)49)51-43(63)29-15-50-59-13-11-36(52-42(29)59)58-19-28-14-27(58)23-66-28/h6-7,11,13,15,21,24-28,30,34-35,41H,2-5,8-10,12,14,16-20,22-23H2,1H3,(H,51,63)(H,53,62,64)/t24-,26-,27-,28-,30-,34?,35-/m1/s1. The summed E-state index contributed by atoms with van der Waals surface area (Å²) in [5.41, 5.74) is 0.0860. The molecule has 22 heteroatoms. The number of piperidine rings is 2. The zero-order chi connectivity index (χ0) is 46.2. The van der Waals surface area contributed by atoms with Crippen LogP contribution in [0.2, 0.25) is 0 Å². The van der Waals surface area contributed by atoms with Gasteiger partial charge in [-0.25, -0.2) is 31.9 Å². The summed E-state index contributed by atoms with van der Waals surface area (Å²) in [7, 11) is 1.46.